The summed E-state index contributed by atoms with van der Waals surface area (Å²) >= 11 is 0. The van der Waals surface area contributed by atoms with E-state index in [2.05, 4.69) is 10.6 Å². The second-order valence-corrected chi connectivity index (χ2v) is 8.17. The van der Waals surface area contributed by atoms with Gasteiger partial charge in [0.25, 0.3) is 5.91 Å². The Morgan fingerprint density at radius 1 is 1.19 bits per heavy atom. The first-order chi connectivity index (χ1) is 15.2. The van der Waals surface area contributed by atoms with Crippen molar-refractivity contribution in [3.8, 4) is 5.75 Å². The number of amides is 2. The van der Waals surface area contributed by atoms with Crippen LogP contribution in [0.1, 0.15) is 43.4 Å². The number of hydrogen-bond acceptors (Lipinski definition) is 6. The topological polar surface area (TPSA) is 135 Å². The molecule has 0 bridgehead atoms. The summed E-state index contributed by atoms with van der Waals surface area (Å²) in [5, 5.41) is 14.8. The van der Waals surface area contributed by atoms with Gasteiger partial charge in [-0.25, -0.2) is 9.59 Å². The predicted molar refractivity (Wildman–Crippen MR) is 117 cm³/mol. The van der Waals surface area contributed by atoms with E-state index in [0.29, 0.717) is 35.1 Å². The number of carboxylic acid groups (broad SMARTS) is 1. The standard InChI is InChI=1S/C23H28N2O7/c1-4-13(3)21(22(28)29)25-18(26)10-24-19(27)11-31-16-8-12(2)9-17-20(16)14-6-5-7-15(14)23(30)32-17/h8-9,13,21H,4-7,10-11H2,1-3H3,(H,24,27)(H,25,26)(H,28,29)/t13-,21-/m1/s1. The summed E-state index contributed by atoms with van der Waals surface area (Å²) in [5.41, 5.74) is 2.47. The highest BCUT2D eigenvalue weighted by Crippen LogP contribution is 2.35. The number of fused-ring (bicyclic) bond motifs is 3. The first-order valence-electron chi connectivity index (χ1n) is 10.7. The Morgan fingerprint density at radius 2 is 1.91 bits per heavy atom. The molecule has 1 aromatic carbocycles. The number of ether oxygens (including phenoxy) is 1. The molecule has 32 heavy (non-hydrogen) atoms. The summed E-state index contributed by atoms with van der Waals surface area (Å²) in [5.74, 6) is -2.03. The molecule has 9 heteroatoms. The van der Waals surface area contributed by atoms with Gasteiger partial charge in [-0.1, -0.05) is 20.3 Å². The quantitative estimate of drug-likeness (QED) is 0.501. The molecular weight excluding hydrogens is 416 g/mol. The van der Waals surface area contributed by atoms with E-state index in [1.807, 2.05) is 13.8 Å². The number of carbonyl (C=O) groups is 3. The van der Waals surface area contributed by atoms with Crippen LogP contribution in [0.3, 0.4) is 0 Å². The molecule has 1 aliphatic rings. The van der Waals surface area contributed by atoms with E-state index in [0.717, 1.165) is 24.0 Å². The van der Waals surface area contributed by atoms with Gasteiger partial charge in [0.15, 0.2) is 6.61 Å². The van der Waals surface area contributed by atoms with E-state index in [-0.39, 0.29) is 24.7 Å². The van der Waals surface area contributed by atoms with E-state index < -0.39 is 23.8 Å². The van der Waals surface area contributed by atoms with Crippen molar-refractivity contribution in [2.24, 2.45) is 5.92 Å². The van der Waals surface area contributed by atoms with Gasteiger partial charge in [0, 0.05) is 5.56 Å². The number of carbonyl (C=O) groups excluding carboxylic acids is 2. The zero-order valence-corrected chi connectivity index (χ0v) is 18.4. The lowest BCUT2D eigenvalue weighted by molar-refractivity contribution is -0.143. The summed E-state index contributed by atoms with van der Waals surface area (Å²) in [4.78, 5) is 47.8. The highest BCUT2D eigenvalue weighted by Gasteiger charge is 2.25. The maximum Gasteiger partial charge on any atom is 0.339 e. The van der Waals surface area contributed by atoms with Crippen molar-refractivity contribution in [1.29, 1.82) is 0 Å². The van der Waals surface area contributed by atoms with Crippen LogP contribution in [0.5, 0.6) is 5.75 Å². The molecule has 0 saturated carbocycles. The van der Waals surface area contributed by atoms with Gasteiger partial charge in [-0.15, -0.1) is 0 Å². The van der Waals surface area contributed by atoms with Gasteiger partial charge in [-0.2, -0.15) is 0 Å². The van der Waals surface area contributed by atoms with Crippen molar-refractivity contribution in [3.05, 3.63) is 39.2 Å². The average Bonchev–Trinajstić information content (AvgIpc) is 3.23. The van der Waals surface area contributed by atoms with Crippen LogP contribution < -0.4 is 21.0 Å². The molecule has 0 unspecified atom stereocenters. The van der Waals surface area contributed by atoms with Gasteiger partial charge < -0.3 is 24.9 Å². The minimum Gasteiger partial charge on any atom is -0.483 e. The van der Waals surface area contributed by atoms with Gasteiger partial charge in [0.1, 0.15) is 17.4 Å². The molecule has 0 aliphatic heterocycles. The highest BCUT2D eigenvalue weighted by molar-refractivity contribution is 5.90. The molecule has 3 rings (SSSR count). The molecule has 1 aromatic heterocycles. The zero-order valence-electron chi connectivity index (χ0n) is 18.4. The summed E-state index contributed by atoms with van der Waals surface area (Å²) in [6.45, 7) is 4.70. The molecule has 9 nitrogen and oxygen atoms in total. The van der Waals surface area contributed by atoms with Gasteiger partial charge in [0.2, 0.25) is 5.91 Å². The fourth-order valence-corrected chi connectivity index (χ4v) is 3.90. The molecule has 2 amide bonds. The molecule has 0 radical (unpaired) electrons. The van der Waals surface area contributed by atoms with Crippen molar-refractivity contribution < 1.29 is 28.6 Å². The molecule has 1 aliphatic carbocycles. The molecule has 2 atom stereocenters. The SMILES string of the molecule is CC[C@@H](C)[C@@H](NC(=O)CNC(=O)COc1cc(C)cc2oc(=O)c3c(c12)CCC3)C(=O)O. The fourth-order valence-electron chi connectivity index (χ4n) is 3.90. The Labute approximate surface area is 185 Å². The summed E-state index contributed by atoms with van der Waals surface area (Å²) in [6, 6.07) is 2.53. The van der Waals surface area contributed by atoms with Crippen molar-refractivity contribution in [1.82, 2.24) is 10.6 Å². The van der Waals surface area contributed by atoms with Crippen LogP contribution in [0, 0.1) is 12.8 Å². The number of hydrogen-bond donors (Lipinski definition) is 3. The Balaban J connectivity index is 1.64. The van der Waals surface area contributed by atoms with Gasteiger partial charge >= 0.3 is 11.6 Å². The maximum absolute atomic E-state index is 12.2. The van der Waals surface area contributed by atoms with Crippen LogP contribution in [0.15, 0.2) is 21.3 Å². The predicted octanol–water partition coefficient (Wildman–Crippen LogP) is 1.70. The maximum atomic E-state index is 12.2. The number of aryl methyl sites for hydroxylation is 2. The molecule has 1 heterocycles. The van der Waals surface area contributed by atoms with Crippen LogP contribution >= 0.6 is 0 Å². The lowest BCUT2D eigenvalue weighted by atomic mass is 9.99. The Hall–Kier alpha value is -3.36. The normalized spacial score (nSPS) is 14.5. The van der Waals surface area contributed by atoms with Crippen LogP contribution in [0.2, 0.25) is 0 Å². The largest absolute Gasteiger partial charge is 0.483 e. The van der Waals surface area contributed by atoms with Crippen LogP contribution in [0.25, 0.3) is 11.0 Å². The Kier molecular flexibility index (Phi) is 7.17. The third-order valence-corrected chi connectivity index (χ3v) is 5.78. The van der Waals surface area contributed by atoms with E-state index in [9.17, 15) is 24.3 Å². The van der Waals surface area contributed by atoms with E-state index in [4.69, 9.17) is 9.15 Å². The molecule has 172 valence electrons. The highest BCUT2D eigenvalue weighted by atomic mass is 16.5. The second-order valence-electron chi connectivity index (χ2n) is 8.17. The van der Waals surface area contributed by atoms with E-state index in [1.165, 1.54) is 0 Å². The van der Waals surface area contributed by atoms with E-state index in [1.54, 1.807) is 19.1 Å². The number of carboxylic acids is 1. The molecule has 2 aromatic rings. The zero-order chi connectivity index (χ0) is 23.4. The van der Waals surface area contributed by atoms with Gasteiger partial charge in [-0.3, -0.25) is 9.59 Å². The van der Waals surface area contributed by atoms with E-state index >= 15 is 0 Å². The summed E-state index contributed by atoms with van der Waals surface area (Å²) in [7, 11) is 0. The smallest absolute Gasteiger partial charge is 0.339 e. The van der Waals surface area contributed by atoms with Crippen LogP contribution in [-0.2, 0) is 27.2 Å². The van der Waals surface area contributed by atoms with Crippen LogP contribution in [-0.4, -0.2) is 42.1 Å². The molecule has 0 saturated heterocycles. The fraction of sp³-hybridized carbons (Fsp3) is 0.478. The summed E-state index contributed by atoms with van der Waals surface area (Å²) < 4.78 is 11.2. The Bertz CT molecular complexity index is 1110. The van der Waals surface area contributed by atoms with Gasteiger partial charge in [-0.05, 0) is 55.4 Å². The first-order valence-corrected chi connectivity index (χ1v) is 10.7. The average molecular weight is 444 g/mol. The minimum absolute atomic E-state index is 0.244. The molecule has 3 N–H and O–H groups in total. The number of aliphatic carboxylic acids is 1. The number of nitrogens with one attached hydrogen (secondary N) is 2. The van der Waals surface area contributed by atoms with Crippen molar-refractivity contribution >= 4 is 28.8 Å². The lowest BCUT2D eigenvalue weighted by Gasteiger charge is -2.20. The summed E-state index contributed by atoms with van der Waals surface area (Å²) in [6.07, 6.45) is 2.84. The van der Waals surface area contributed by atoms with Crippen molar-refractivity contribution in [3.63, 3.8) is 0 Å². The number of rotatable bonds is 9. The number of benzene rings is 1. The first kappa shape index (κ1) is 23.3. The molecule has 0 spiro atoms. The lowest BCUT2D eigenvalue weighted by Crippen LogP contribution is -2.48. The minimum atomic E-state index is -1.12. The van der Waals surface area contributed by atoms with Gasteiger partial charge in [0.05, 0.1) is 11.9 Å². The molecule has 0 fully saturated rings. The van der Waals surface area contributed by atoms with Crippen LogP contribution in [0.4, 0.5) is 0 Å². The molecular formula is C23H28N2O7. The third kappa shape index (κ3) is 5.09. The van der Waals surface area contributed by atoms with Crippen molar-refractivity contribution in [2.45, 2.75) is 52.5 Å². The van der Waals surface area contributed by atoms with Crippen molar-refractivity contribution in [2.75, 3.05) is 13.2 Å². The monoisotopic (exact) mass is 444 g/mol. The second kappa shape index (κ2) is 9.84. The Morgan fingerprint density at radius 3 is 2.59 bits per heavy atom. The third-order valence-electron chi connectivity index (χ3n) is 5.78.